The summed E-state index contributed by atoms with van der Waals surface area (Å²) in [6.45, 7) is 0. The van der Waals surface area contributed by atoms with Crippen LogP contribution >= 0.6 is 0 Å². The fraction of sp³-hybridized carbons (Fsp3) is 0. The van der Waals surface area contributed by atoms with Crippen molar-refractivity contribution >= 4 is 65.4 Å². The third-order valence-electron chi connectivity index (χ3n) is 7.58. The maximum Gasteiger partial charge on any atom is 0.136 e. The molecule has 0 aliphatic rings. The van der Waals surface area contributed by atoms with Crippen LogP contribution in [0, 0.1) is 0 Å². The van der Waals surface area contributed by atoms with Gasteiger partial charge in [0.1, 0.15) is 22.3 Å². The normalized spacial score (nSPS) is 19.8. The minimum Gasteiger partial charge on any atom is -0.456 e. The average molecular weight is 613 g/mol. The molecule has 46 heavy (non-hydrogen) atoms. The summed E-state index contributed by atoms with van der Waals surface area (Å²) in [5.41, 5.74) is -6.55. The molecule has 0 atom stereocenters. The molecule has 0 amide bonds. The lowest BCUT2D eigenvalue weighted by atomic mass is 9.85. The van der Waals surface area contributed by atoms with Gasteiger partial charge in [-0.2, -0.15) is 0 Å². The van der Waals surface area contributed by atoms with Crippen LogP contribution in [0.1, 0.15) is 35.6 Å². The number of para-hydroxylation sites is 1. The lowest BCUT2D eigenvalue weighted by molar-refractivity contribution is 0.663. The van der Waals surface area contributed by atoms with E-state index in [1.54, 1.807) is 0 Å². The summed E-state index contributed by atoms with van der Waals surface area (Å²) in [4.78, 5) is 0. The summed E-state index contributed by atoms with van der Waals surface area (Å²) in [7, 11) is 0. The fourth-order valence-electron chi connectivity index (χ4n) is 5.71. The first-order valence-electron chi connectivity index (χ1n) is 26.6. The van der Waals surface area contributed by atoms with Crippen LogP contribution in [0.15, 0.2) is 166 Å². The number of hydrogen-bond donors (Lipinski definition) is 0. The molecule has 0 unspecified atom stereocenters. The summed E-state index contributed by atoms with van der Waals surface area (Å²) in [5, 5.41) is -3.99. The van der Waals surface area contributed by atoms with Crippen molar-refractivity contribution in [3.05, 3.63) is 157 Å². The summed E-state index contributed by atoms with van der Waals surface area (Å²) in [6, 6.07) is -23.1. The second-order valence-electron chi connectivity index (χ2n) is 10.0. The standard InChI is InChI=1S/C44H26O2/c1-2-11-27(12-3-1)41-31-15-4-6-17-33(31)42(34-18-7-5-16-32(34)41)30-14-10-13-28(25-30)29-21-22-36-40(26-29)46-39-24-23-38-43(44(36)39)35-19-8-9-20-37(35)45-38/h1-26H/i1D,2D,3D,4D,5D,6D,7D,8D,9D,10D,11D,12D,13D,14D,15D,16D,17D,18D,19D,20D,21D,22D,23D,24D,25D,26D. The van der Waals surface area contributed by atoms with Crippen LogP contribution < -0.4 is 0 Å². The Morgan fingerprint density at radius 3 is 1.46 bits per heavy atom. The van der Waals surface area contributed by atoms with Gasteiger partial charge in [-0.3, -0.25) is 0 Å². The van der Waals surface area contributed by atoms with Crippen LogP contribution in [-0.2, 0) is 0 Å². The highest BCUT2D eigenvalue weighted by molar-refractivity contribution is 6.26. The van der Waals surface area contributed by atoms with Crippen LogP contribution in [0.25, 0.3) is 98.8 Å². The molecule has 214 valence electrons. The summed E-state index contributed by atoms with van der Waals surface area (Å²) < 4.78 is 244. The number of rotatable bonds is 3. The van der Waals surface area contributed by atoms with Gasteiger partial charge >= 0.3 is 0 Å². The van der Waals surface area contributed by atoms with Gasteiger partial charge in [-0.15, -0.1) is 0 Å². The Labute approximate surface area is 301 Å². The topological polar surface area (TPSA) is 26.3 Å². The molecule has 0 saturated carbocycles. The number of furan rings is 2. The predicted octanol–water partition coefficient (Wildman–Crippen LogP) is 12.8. The molecule has 0 bridgehead atoms. The van der Waals surface area contributed by atoms with Gasteiger partial charge in [-0.25, -0.2) is 0 Å². The Bertz CT molecular complexity index is 4180. The van der Waals surface area contributed by atoms with Gasteiger partial charge in [-0.05, 0) is 91.2 Å². The van der Waals surface area contributed by atoms with Gasteiger partial charge < -0.3 is 8.83 Å². The molecule has 2 nitrogen and oxygen atoms in total. The summed E-state index contributed by atoms with van der Waals surface area (Å²) in [6.07, 6.45) is 0. The van der Waals surface area contributed by atoms with Crippen molar-refractivity contribution in [3.63, 3.8) is 0 Å². The molecule has 0 saturated heterocycles. The van der Waals surface area contributed by atoms with Gasteiger partial charge in [0.2, 0.25) is 0 Å². The second kappa shape index (κ2) is 9.69. The van der Waals surface area contributed by atoms with Crippen molar-refractivity contribution in [3.8, 4) is 33.4 Å². The largest absolute Gasteiger partial charge is 0.456 e. The first kappa shape index (κ1) is 10.8. The van der Waals surface area contributed by atoms with Gasteiger partial charge in [0.15, 0.2) is 0 Å². The predicted molar refractivity (Wildman–Crippen MR) is 192 cm³/mol. The lowest BCUT2D eigenvalue weighted by Gasteiger charge is -2.18. The summed E-state index contributed by atoms with van der Waals surface area (Å²) >= 11 is 0. The zero-order valence-corrected chi connectivity index (χ0v) is 22.8. The van der Waals surface area contributed by atoms with Crippen molar-refractivity contribution < 1.29 is 44.5 Å². The van der Waals surface area contributed by atoms with Gasteiger partial charge in [0.25, 0.3) is 0 Å². The Morgan fingerprint density at radius 2 is 0.783 bits per heavy atom. The Hall–Kier alpha value is -6.12. The quantitative estimate of drug-likeness (QED) is 0.186. The molecule has 2 aromatic heterocycles. The first-order chi connectivity index (χ1) is 33.6. The highest BCUT2D eigenvalue weighted by Gasteiger charge is 2.18. The summed E-state index contributed by atoms with van der Waals surface area (Å²) in [5.74, 6) is 0. The molecule has 0 spiro atoms. The Morgan fingerprint density at radius 1 is 0.304 bits per heavy atom. The van der Waals surface area contributed by atoms with Crippen molar-refractivity contribution in [2.24, 2.45) is 0 Å². The molecular formula is C44H26O2. The molecule has 10 rings (SSSR count). The third-order valence-corrected chi connectivity index (χ3v) is 7.58. The van der Waals surface area contributed by atoms with Crippen LogP contribution in [-0.4, -0.2) is 0 Å². The number of hydrogen-bond acceptors (Lipinski definition) is 2. The van der Waals surface area contributed by atoms with Crippen LogP contribution in [0.5, 0.6) is 0 Å². The molecule has 0 N–H and O–H groups in total. The van der Waals surface area contributed by atoms with E-state index in [4.69, 9.17) is 32.1 Å². The monoisotopic (exact) mass is 612 g/mol. The molecule has 8 aromatic carbocycles. The molecule has 0 aliphatic heterocycles. The van der Waals surface area contributed by atoms with Gasteiger partial charge in [0, 0.05) is 21.5 Å². The molecule has 2 heterocycles. The third kappa shape index (κ3) is 3.65. The zero-order valence-electron chi connectivity index (χ0n) is 48.8. The van der Waals surface area contributed by atoms with E-state index >= 15 is 0 Å². The van der Waals surface area contributed by atoms with Crippen LogP contribution in [0.4, 0.5) is 0 Å². The second-order valence-corrected chi connectivity index (χ2v) is 10.0. The fourth-order valence-corrected chi connectivity index (χ4v) is 5.71. The smallest absolute Gasteiger partial charge is 0.136 e. The molecule has 10 aromatic rings. The van der Waals surface area contributed by atoms with Crippen molar-refractivity contribution in [2.75, 3.05) is 0 Å². The Balaban J connectivity index is 1.43. The highest BCUT2D eigenvalue weighted by atomic mass is 16.3. The maximum absolute atomic E-state index is 9.82. The number of fused-ring (bicyclic) bond motifs is 9. The zero-order chi connectivity index (χ0) is 52.8. The first-order valence-corrected chi connectivity index (χ1v) is 13.6. The SMILES string of the molecule is [2H]c1c([2H])c([2H])c(-c2c3c([2H])c([2H])c([2H])c([2H])c3c(-c3c([2H])c([2H])c([2H])c(-c4c([2H])c([2H])c5c(oc6c([2H])c([2H])c7oc8c([2H])c([2H])c([2H])c([2H])c8c7c65)c4[2H])c3[2H])c3c([2H])c([2H])c([2H])c([2H])c23)c([2H])c1[2H]. The van der Waals surface area contributed by atoms with Crippen molar-refractivity contribution in [1.82, 2.24) is 0 Å². The molecule has 0 radical (unpaired) electrons. The van der Waals surface area contributed by atoms with Crippen LogP contribution in [0.3, 0.4) is 0 Å². The minimum atomic E-state index is -1.06. The van der Waals surface area contributed by atoms with E-state index in [1.165, 1.54) is 0 Å². The van der Waals surface area contributed by atoms with Gasteiger partial charge in [-0.1, -0.05) is 121 Å². The van der Waals surface area contributed by atoms with Crippen molar-refractivity contribution in [2.45, 2.75) is 0 Å². The van der Waals surface area contributed by atoms with Crippen molar-refractivity contribution in [1.29, 1.82) is 0 Å². The maximum atomic E-state index is 9.82. The molecular weight excluding hydrogens is 560 g/mol. The van der Waals surface area contributed by atoms with E-state index in [0.29, 0.717) is 0 Å². The highest BCUT2D eigenvalue weighted by Crippen LogP contribution is 2.45. The molecule has 2 heteroatoms. The lowest BCUT2D eigenvalue weighted by Crippen LogP contribution is -1.91. The van der Waals surface area contributed by atoms with E-state index in [1.807, 2.05) is 0 Å². The van der Waals surface area contributed by atoms with Crippen LogP contribution in [0.2, 0.25) is 0 Å². The average Bonchev–Trinajstić information content (AvgIpc) is 3.96. The van der Waals surface area contributed by atoms with E-state index in [0.717, 1.165) is 0 Å². The molecule has 0 aliphatic carbocycles. The van der Waals surface area contributed by atoms with E-state index < -0.39 is 240 Å². The minimum absolute atomic E-state index is 0.219. The van der Waals surface area contributed by atoms with Gasteiger partial charge in [0.05, 0.1) is 35.6 Å². The van der Waals surface area contributed by atoms with E-state index in [9.17, 15) is 12.3 Å². The Kier molecular flexibility index (Phi) is 2.26. The molecule has 0 fully saturated rings. The van der Waals surface area contributed by atoms with E-state index in [-0.39, 0.29) is 16.2 Å². The van der Waals surface area contributed by atoms with E-state index in [2.05, 4.69) is 0 Å². The number of benzene rings is 8.